The highest BCUT2D eigenvalue weighted by molar-refractivity contribution is 9.10. The van der Waals surface area contributed by atoms with E-state index in [2.05, 4.69) is 15.9 Å². The maximum atomic E-state index is 12.4. The fraction of sp³-hybridized carbons (Fsp3) is 0.429. The van der Waals surface area contributed by atoms with Crippen molar-refractivity contribution in [2.24, 2.45) is 5.92 Å². The van der Waals surface area contributed by atoms with E-state index >= 15 is 0 Å². The van der Waals surface area contributed by atoms with E-state index in [0.29, 0.717) is 36.5 Å². The Morgan fingerprint density at radius 2 is 2.00 bits per heavy atom. The largest absolute Gasteiger partial charge is 0.469 e. The minimum atomic E-state index is -0.197. The van der Waals surface area contributed by atoms with Crippen LogP contribution in [0.5, 0.6) is 0 Å². The fourth-order valence-corrected chi connectivity index (χ4v) is 2.88. The number of hydrogen-bond acceptors (Lipinski definition) is 3. The van der Waals surface area contributed by atoms with Crippen LogP contribution in [-0.4, -0.2) is 37.0 Å². The standard InChI is InChI=1S/C14H15BrClNO3/c1-20-14(19)9-4-6-17(7-5-9)13(18)11-8-10(15)2-3-12(11)16/h2-3,8-9H,4-7H2,1H3. The van der Waals surface area contributed by atoms with Gasteiger partial charge in [0.25, 0.3) is 5.91 Å². The number of benzene rings is 1. The average molecular weight is 361 g/mol. The van der Waals surface area contributed by atoms with Crippen LogP contribution >= 0.6 is 27.5 Å². The molecule has 0 atom stereocenters. The Morgan fingerprint density at radius 1 is 1.35 bits per heavy atom. The Balaban J connectivity index is 2.05. The molecule has 1 aromatic carbocycles. The lowest BCUT2D eigenvalue weighted by atomic mass is 9.96. The molecule has 0 spiro atoms. The second-order valence-corrected chi connectivity index (χ2v) is 6.04. The van der Waals surface area contributed by atoms with E-state index in [1.54, 1.807) is 23.1 Å². The van der Waals surface area contributed by atoms with Gasteiger partial charge < -0.3 is 9.64 Å². The van der Waals surface area contributed by atoms with Crippen LogP contribution in [0, 0.1) is 5.92 Å². The summed E-state index contributed by atoms with van der Waals surface area (Å²) in [6, 6.07) is 5.21. The first-order valence-corrected chi connectivity index (χ1v) is 7.52. The molecule has 1 aliphatic heterocycles. The van der Waals surface area contributed by atoms with Crippen LogP contribution in [0.25, 0.3) is 0 Å². The Hall–Kier alpha value is -1.07. The van der Waals surface area contributed by atoms with Crippen LogP contribution in [0.1, 0.15) is 23.2 Å². The van der Waals surface area contributed by atoms with E-state index in [1.165, 1.54) is 7.11 Å². The molecule has 1 amide bonds. The Kier molecular flexibility index (Phi) is 5.05. The van der Waals surface area contributed by atoms with Crippen LogP contribution in [0.2, 0.25) is 5.02 Å². The van der Waals surface area contributed by atoms with Crippen LogP contribution in [-0.2, 0) is 9.53 Å². The lowest BCUT2D eigenvalue weighted by Gasteiger charge is -2.31. The highest BCUT2D eigenvalue weighted by Crippen LogP contribution is 2.25. The van der Waals surface area contributed by atoms with E-state index in [9.17, 15) is 9.59 Å². The molecule has 0 saturated carbocycles. The summed E-state index contributed by atoms with van der Waals surface area (Å²) in [7, 11) is 1.39. The van der Waals surface area contributed by atoms with E-state index in [0.717, 1.165) is 4.47 Å². The lowest BCUT2D eigenvalue weighted by molar-refractivity contribution is -0.146. The second-order valence-electron chi connectivity index (χ2n) is 4.71. The molecule has 1 saturated heterocycles. The second kappa shape index (κ2) is 6.59. The van der Waals surface area contributed by atoms with Crippen molar-refractivity contribution in [1.82, 2.24) is 4.90 Å². The summed E-state index contributed by atoms with van der Waals surface area (Å²) in [6.45, 7) is 1.09. The molecule has 1 heterocycles. The average Bonchev–Trinajstić information content (AvgIpc) is 2.48. The SMILES string of the molecule is COC(=O)C1CCN(C(=O)c2cc(Br)ccc2Cl)CC1. The van der Waals surface area contributed by atoms with Crippen molar-refractivity contribution >= 4 is 39.4 Å². The molecule has 108 valence electrons. The number of amides is 1. The number of halogens is 2. The van der Waals surface area contributed by atoms with Gasteiger partial charge in [0.2, 0.25) is 0 Å². The summed E-state index contributed by atoms with van der Waals surface area (Å²) in [5.41, 5.74) is 0.484. The topological polar surface area (TPSA) is 46.6 Å². The minimum absolute atomic E-state index is 0.0976. The zero-order valence-electron chi connectivity index (χ0n) is 11.1. The number of methoxy groups -OCH3 is 1. The Bertz CT molecular complexity index is 527. The van der Waals surface area contributed by atoms with Crippen molar-refractivity contribution in [3.05, 3.63) is 33.3 Å². The van der Waals surface area contributed by atoms with Gasteiger partial charge in [0.05, 0.1) is 23.6 Å². The molecular formula is C14H15BrClNO3. The van der Waals surface area contributed by atoms with E-state index < -0.39 is 0 Å². The molecule has 1 fully saturated rings. The quantitative estimate of drug-likeness (QED) is 0.761. The maximum Gasteiger partial charge on any atom is 0.308 e. The Morgan fingerprint density at radius 3 is 2.60 bits per heavy atom. The van der Waals surface area contributed by atoms with Gasteiger partial charge in [-0.1, -0.05) is 27.5 Å². The molecule has 0 aromatic heterocycles. The molecule has 6 heteroatoms. The van der Waals surface area contributed by atoms with Gasteiger partial charge in [-0.25, -0.2) is 0 Å². The summed E-state index contributed by atoms with van der Waals surface area (Å²) in [6.07, 6.45) is 1.26. The number of piperidine rings is 1. The number of likely N-dealkylation sites (tertiary alicyclic amines) is 1. The molecule has 4 nitrogen and oxygen atoms in total. The third-order valence-electron chi connectivity index (χ3n) is 3.48. The molecule has 0 unspecified atom stereocenters. The van der Waals surface area contributed by atoms with Gasteiger partial charge in [0.15, 0.2) is 0 Å². The molecule has 2 rings (SSSR count). The molecule has 0 N–H and O–H groups in total. The molecule has 0 bridgehead atoms. The first kappa shape index (κ1) is 15.3. The molecule has 0 aliphatic carbocycles. The number of rotatable bonds is 2. The number of ether oxygens (including phenoxy) is 1. The first-order valence-electron chi connectivity index (χ1n) is 6.35. The predicted octanol–water partition coefficient (Wildman–Crippen LogP) is 3.13. The monoisotopic (exact) mass is 359 g/mol. The smallest absolute Gasteiger partial charge is 0.308 e. The normalized spacial score (nSPS) is 16.1. The van der Waals surface area contributed by atoms with E-state index in [-0.39, 0.29) is 17.8 Å². The highest BCUT2D eigenvalue weighted by atomic mass is 79.9. The molecular weight excluding hydrogens is 346 g/mol. The molecule has 0 radical (unpaired) electrons. The lowest BCUT2D eigenvalue weighted by Crippen LogP contribution is -2.40. The maximum absolute atomic E-state index is 12.4. The van der Waals surface area contributed by atoms with Crippen molar-refractivity contribution in [1.29, 1.82) is 0 Å². The van der Waals surface area contributed by atoms with Crippen LogP contribution in [0.15, 0.2) is 22.7 Å². The summed E-state index contributed by atoms with van der Waals surface area (Å²) in [5.74, 6) is -0.403. The summed E-state index contributed by atoms with van der Waals surface area (Å²) >= 11 is 9.41. The molecule has 1 aliphatic rings. The fourth-order valence-electron chi connectivity index (χ4n) is 2.32. The molecule has 1 aromatic rings. The minimum Gasteiger partial charge on any atom is -0.469 e. The van der Waals surface area contributed by atoms with E-state index in [4.69, 9.17) is 16.3 Å². The zero-order valence-corrected chi connectivity index (χ0v) is 13.4. The number of carbonyl (C=O) groups is 2. The highest BCUT2D eigenvalue weighted by Gasteiger charge is 2.29. The number of carbonyl (C=O) groups excluding carboxylic acids is 2. The van der Waals surface area contributed by atoms with Crippen molar-refractivity contribution in [2.75, 3.05) is 20.2 Å². The van der Waals surface area contributed by atoms with Gasteiger partial charge in [-0.3, -0.25) is 9.59 Å². The summed E-state index contributed by atoms with van der Waals surface area (Å²) < 4.78 is 5.55. The van der Waals surface area contributed by atoms with Gasteiger partial charge in [0.1, 0.15) is 0 Å². The van der Waals surface area contributed by atoms with Gasteiger partial charge in [-0.2, -0.15) is 0 Å². The van der Waals surface area contributed by atoms with Crippen molar-refractivity contribution in [3.8, 4) is 0 Å². The van der Waals surface area contributed by atoms with Gasteiger partial charge in [-0.05, 0) is 31.0 Å². The third kappa shape index (κ3) is 3.33. The third-order valence-corrected chi connectivity index (χ3v) is 4.30. The van der Waals surface area contributed by atoms with Crippen molar-refractivity contribution < 1.29 is 14.3 Å². The van der Waals surface area contributed by atoms with E-state index in [1.807, 2.05) is 0 Å². The summed E-state index contributed by atoms with van der Waals surface area (Å²) in [5, 5.41) is 0.438. The van der Waals surface area contributed by atoms with Gasteiger partial charge in [0, 0.05) is 17.6 Å². The van der Waals surface area contributed by atoms with Crippen molar-refractivity contribution in [3.63, 3.8) is 0 Å². The number of nitrogens with zero attached hydrogens (tertiary/aromatic N) is 1. The van der Waals surface area contributed by atoms with Gasteiger partial charge in [-0.15, -0.1) is 0 Å². The zero-order chi connectivity index (χ0) is 14.7. The molecule has 20 heavy (non-hydrogen) atoms. The van der Waals surface area contributed by atoms with Gasteiger partial charge >= 0.3 is 5.97 Å². The number of esters is 1. The predicted molar refractivity (Wildman–Crippen MR) is 79.8 cm³/mol. The first-order chi connectivity index (χ1) is 9.52. The van der Waals surface area contributed by atoms with Crippen LogP contribution in [0.4, 0.5) is 0 Å². The van der Waals surface area contributed by atoms with Crippen LogP contribution in [0.3, 0.4) is 0 Å². The Labute approximate surface area is 131 Å². The van der Waals surface area contributed by atoms with Crippen molar-refractivity contribution in [2.45, 2.75) is 12.8 Å². The number of hydrogen-bond donors (Lipinski definition) is 0. The van der Waals surface area contributed by atoms with Crippen LogP contribution < -0.4 is 0 Å². The summed E-state index contributed by atoms with van der Waals surface area (Å²) in [4.78, 5) is 25.6.